The molecular weight excluding hydrogens is 244 g/mol. The number of rotatable bonds is 5. The molecule has 17 heavy (non-hydrogen) atoms. The van der Waals surface area contributed by atoms with Crippen molar-refractivity contribution >= 4 is 15.9 Å². The predicted molar refractivity (Wildman–Crippen MR) is 62.0 cm³/mol. The van der Waals surface area contributed by atoms with E-state index < -0.39 is 10.0 Å². The molecule has 0 spiro atoms. The Morgan fingerprint density at radius 1 is 1.41 bits per heavy atom. The molecule has 0 atom stereocenters. The van der Waals surface area contributed by atoms with Crippen molar-refractivity contribution in [2.24, 2.45) is 0 Å². The molecule has 0 aliphatic rings. The van der Waals surface area contributed by atoms with Crippen molar-refractivity contribution in [2.75, 3.05) is 13.6 Å². The standard InChI is InChI=1S/C10H14N2O4S/c1-11-10(14)5-6-12-17(15,16)9-4-2-3-8(13)7-9/h2-4,7,12-13H,5-6H2,1H3,(H,11,14). The van der Waals surface area contributed by atoms with E-state index in [1.165, 1.54) is 25.2 Å². The zero-order chi connectivity index (χ0) is 12.9. The number of carbonyl (C=O) groups excluding carboxylic acids is 1. The van der Waals surface area contributed by atoms with Gasteiger partial charge in [0.2, 0.25) is 15.9 Å². The molecule has 0 unspecified atom stereocenters. The first kappa shape index (κ1) is 13.5. The smallest absolute Gasteiger partial charge is 0.240 e. The SMILES string of the molecule is CNC(=O)CCNS(=O)(=O)c1cccc(O)c1. The Bertz CT molecular complexity index is 499. The van der Waals surface area contributed by atoms with Crippen LogP contribution < -0.4 is 10.0 Å². The van der Waals surface area contributed by atoms with Gasteiger partial charge in [0.15, 0.2) is 0 Å². The van der Waals surface area contributed by atoms with E-state index in [2.05, 4.69) is 10.0 Å². The van der Waals surface area contributed by atoms with Gasteiger partial charge in [0, 0.05) is 20.0 Å². The molecule has 0 saturated heterocycles. The first-order chi connectivity index (χ1) is 7.95. The molecule has 0 aliphatic carbocycles. The number of hydrogen-bond donors (Lipinski definition) is 3. The van der Waals surface area contributed by atoms with Gasteiger partial charge in [-0.15, -0.1) is 0 Å². The molecule has 3 N–H and O–H groups in total. The van der Waals surface area contributed by atoms with Gasteiger partial charge in [0.1, 0.15) is 5.75 Å². The van der Waals surface area contributed by atoms with Gasteiger partial charge in [-0.25, -0.2) is 13.1 Å². The lowest BCUT2D eigenvalue weighted by Gasteiger charge is -2.06. The molecular formula is C10H14N2O4S. The van der Waals surface area contributed by atoms with Crippen LogP contribution in [0.5, 0.6) is 5.75 Å². The predicted octanol–water partition coefficient (Wildman–Crippen LogP) is -0.193. The summed E-state index contributed by atoms with van der Waals surface area (Å²) in [4.78, 5) is 10.9. The summed E-state index contributed by atoms with van der Waals surface area (Å²) in [5.74, 6) is -0.372. The Kier molecular flexibility index (Phi) is 4.47. The van der Waals surface area contributed by atoms with E-state index in [4.69, 9.17) is 0 Å². The van der Waals surface area contributed by atoms with E-state index in [0.717, 1.165) is 6.07 Å². The van der Waals surface area contributed by atoms with Crippen LogP contribution in [-0.4, -0.2) is 33.0 Å². The summed E-state index contributed by atoms with van der Waals surface area (Å²) in [5.41, 5.74) is 0. The molecule has 7 heteroatoms. The summed E-state index contributed by atoms with van der Waals surface area (Å²) >= 11 is 0. The van der Waals surface area contributed by atoms with Crippen LogP contribution in [0, 0.1) is 0 Å². The zero-order valence-electron chi connectivity index (χ0n) is 9.30. The second-order valence-electron chi connectivity index (χ2n) is 3.32. The lowest BCUT2D eigenvalue weighted by Crippen LogP contribution is -2.29. The highest BCUT2D eigenvalue weighted by atomic mass is 32.2. The number of benzene rings is 1. The highest BCUT2D eigenvalue weighted by Gasteiger charge is 2.14. The maximum absolute atomic E-state index is 11.7. The van der Waals surface area contributed by atoms with E-state index in [9.17, 15) is 18.3 Å². The molecule has 0 bridgehead atoms. The molecule has 1 aromatic rings. The molecule has 94 valence electrons. The minimum absolute atomic E-state index is 0.0116. The van der Waals surface area contributed by atoms with Crippen molar-refractivity contribution in [1.82, 2.24) is 10.0 Å². The van der Waals surface area contributed by atoms with Crippen LogP contribution in [0.25, 0.3) is 0 Å². The minimum Gasteiger partial charge on any atom is -0.508 e. The summed E-state index contributed by atoms with van der Waals surface area (Å²) in [6.07, 6.45) is 0.0640. The summed E-state index contributed by atoms with van der Waals surface area (Å²) in [6.45, 7) is 0.0116. The molecule has 0 heterocycles. The lowest BCUT2D eigenvalue weighted by atomic mass is 10.3. The largest absolute Gasteiger partial charge is 0.508 e. The van der Waals surface area contributed by atoms with Crippen LogP contribution >= 0.6 is 0 Å². The van der Waals surface area contributed by atoms with Crippen LogP contribution in [0.15, 0.2) is 29.2 Å². The van der Waals surface area contributed by atoms with Gasteiger partial charge < -0.3 is 10.4 Å². The molecule has 0 saturated carbocycles. The molecule has 0 aromatic heterocycles. The average Bonchev–Trinajstić information content (AvgIpc) is 2.28. The van der Waals surface area contributed by atoms with E-state index in [1.54, 1.807) is 0 Å². The van der Waals surface area contributed by atoms with Gasteiger partial charge in [-0.05, 0) is 18.2 Å². The van der Waals surface area contributed by atoms with Gasteiger partial charge in [0.25, 0.3) is 0 Å². The molecule has 0 fully saturated rings. The van der Waals surface area contributed by atoms with E-state index in [-0.39, 0.29) is 29.5 Å². The first-order valence-electron chi connectivity index (χ1n) is 4.95. The fourth-order valence-corrected chi connectivity index (χ4v) is 2.23. The quantitative estimate of drug-likeness (QED) is 0.682. The number of aromatic hydroxyl groups is 1. The molecule has 1 rings (SSSR count). The van der Waals surface area contributed by atoms with Crippen LogP contribution in [-0.2, 0) is 14.8 Å². The van der Waals surface area contributed by atoms with Crippen molar-refractivity contribution in [1.29, 1.82) is 0 Å². The number of sulfonamides is 1. The number of carbonyl (C=O) groups is 1. The van der Waals surface area contributed by atoms with Crippen molar-refractivity contribution in [2.45, 2.75) is 11.3 Å². The first-order valence-corrected chi connectivity index (χ1v) is 6.43. The number of nitrogens with one attached hydrogen (secondary N) is 2. The van der Waals surface area contributed by atoms with Crippen LogP contribution in [0.3, 0.4) is 0 Å². The Labute approximate surface area is 99.7 Å². The van der Waals surface area contributed by atoms with Crippen LogP contribution in [0.1, 0.15) is 6.42 Å². The normalized spacial score (nSPS) is 11.1. The van der Waals surface area contributed by atoms with Crippen molar-refractivity contribution < 1.29 is 18.3 Å². The Morgan fingerprint density at radius 2 is 2.12 bits per heavy atom. The summed E-state index contributed by atoms with van der Waals surface area (Å²) in [5, 5.41) is 11.6. The summed E-state index contributed by atoms with van der Waals surface area (Å²) < 4.78 is 25.7. The molecule has 6 nitrogen and oxygen atoms in total. The van der Waals surface area contributed by atoms with Gasteiger partial charge >= 0.3 is 0 Å². The van der Waals surface area contributed by atoms with Crippen molar-refractivity contribution in [3.8, 4) is 5.75 Å². The Morgan fingerprint density at radius 3 is 2.71 bits per heavy atom. The van der Waals surface area contributed by atoms with Gasteiger partial charge in [-0.3, -0.25) is 4.79 Å². The number of phenols is 1. The zero-order valence-corrected chi connectivity index (χ0v) is 10.1. The number of hydrogen-bond acceptors (Lipinski definition) is 4. The van der Waals surface area contributed by atoms with Crippen molar-refractivity contribution in [3.05, 3.63) is 24.3 Å². The third kappa shape index (κ3) is 4.04. The van der Waals surface area contributed by atoms with Crippen LogP contribution in [0.4, 0.5) is 0 Å². The third-order valence-electron chi connectivity index (χ3n) is 2.05. The van der Waals surface area contributed by atoms with Crippen molar-refractivity contribution in [3.63, 3.8) is 0 Å². The topological polar surface area (TPSA) is 95.5 Å². The molecule has 1 amide bonds. The maximum atomic E-state index is 11.7. The highest BCUT2D eigenvalue weighted by Crippen LogP contribution is 2.15. The molecule has 0 radical (unpaired) electrons. The second-order valence-corrected chi connectivity index (χ2v) is 5.09. The van der Waals surface area contributed by atoms with E-state index in [1.807, 2.05) is 0 Å². The van der Waals surface area contributed by atoms with Gasteiger partial charge in [-0.2, -0.15) is 0 Å². The summed E-state index contributed by atoms with van der Waals surface area (Å²) in [7, 11) is -2.20. The number of phenolic OH excluding ortho intramolecular Hbond substituents is 1. The highest BCUT2D eigenvalue weighted by molar-refractivity contribution is 7.89. The fraction of sp³-hybridized carbons (Fsp3) is 0.300. The lowest BCUT2D eigenvalue weighted by molar-refractivity contribution is -0.120. The number of amides is 1. The monoisotopic (exact) mass is 258 g/mol. The Balaban J connectivity index is 2.66. The van der Waals surface area contributed by atoms with Gasteiger partial charge in [0.05, 0.1) is 4.90 Å². The van der Waals surface area contributed by atoms with Gasteiger partial charge in [-0.1, -0.05) is 6.07 Å². The maximum Gasteiger partial charge on any atom is 0.240 e. The average molecular weight is 258 g/mol. The molecule has 0 aliphatic heterocycles. The Hall–Kier alpha value is -1.60. The summed E-state index contributed by atoms with van der Waals surface area (Å²) in [6, 6.07) is 5.32. The third-order valence-corrected chi connectivity index (χ3v) is 3.51. The van der Waals surface area contributed by atoms with E-state index in [0.29, 0.717) is 0 Å². The second kappa shape index (κ2) is 5.65. The van der Waals surface area contributed by atoms with E-state index >= 15 is 0 Å². The van der Waals surface area contributed by atoms with Crippen LogP contribution in [0.2, 0.25) is 0 Å². The molecule has 1 aromatic carbocycles. The fourth-order valence-electron chi connectivity index (χ4n) is 1.16. The minimum atomic E-state index is -3.68.